The van der Waals surface area contributed by atoms with E-state index < -0.39 is 29.8 Å². The fourth-order valence-corrected chi connectivity index (χ4v) is 2.69. The van der Waals surface area contributed by atoms with Crippen LogP contribution in [0.2, 0.25) is 0 Å². The summed E-state index contributed by atoms with van der Waals surface area (Å²) in [6.07, 6.45) is -3.95. The molecule has 0 aliphatic carbocycles. The molecule has 1 heterocycles. The van der Waals surface area contributed by atoms with Crippen LogP contribution in [-0.4, -0.2) is 29.9 Å². The Morgan fingerprint density at radius 2 is 2.09 bits per heavy atom. The molecule has 2 atom stereocenters. The second kappa shape index (κ2) is 5.98. The highest BCUT2D eigenvalue weighted by Crippen LogP contribution is 2.34. The third-order valence-electron chi connectivity index (χ3n) is 3.84. The summed E-state index contributed by atoms with van der Waals surface area (Å²) in [4.78, 5) is 25.0. The number of esters is 1. The van der Waals surface area contributed by atoms with Crippen molar-refractivity contribution >= 4 is 11.9 Å². The van der Waals surface area contributed by atoms with Crippen molar-refractivity contribution in [1.29, 1.82) is 0 Å². The SMILES string of the molecule is COC(=O)C1CCC(=O)N1C(C)c1cccc(C(F)(F)F)c1. The number of carbonyl (C=O) groups excluding carboxylic acids is 2. The first-order chi connectivity index (χ1) is 10.3. The number of carbonyl (C=O) groups is 2. The summed E-state index contributed by atoms with van der Waals surface area (Å²) < 4.78 is 43.0. The van der Waals surface area contributed by atoms with Crippen LogP contribution in [0.1, 0.15) is 36.9 Å². The summed E-state index contributed by atoms with van der Waals surface area (Å²) in [6.45, 7) is 1.61. The Hall–Kier alpha value is -2.05. The molecule has 120 valence electrons. The van der Waals surface area contributed by atoms with E-state index in [9.17, 15) is 22.8 Å². The van der Waals surface area contributed by atoms with Crippen molar-refractivity contribution in [2.75, 3.05) is 7.11 Å². The van der Waals surface area contributed by atoms with Crippen LogP contribution < -0.4 is 0 Å². The fourth-order valence-electron chi connectivity index (χ4n) is 2.69. The van der Waals surface area contributed by atoms with Gasteiger partial charge in [-0.25, -0.2) is 4.79 Å². The number of rotatable bonds is 3. The molecule has 1 aliphatic heterocycles. The first-order valence-electron chi connectivity index (χ1n) is 6.82. The molecular weight excluding hydrogens is 299 g/mol. The molecule has 0 N–H and O–H groups in total. The van der Waals surface area contributed by atoms with Gasteiger partial charge in [-0.05, 0) is 31.0 Å². The third-order valence-corrected chi connectivity index (χ3v) is 3.84. The number of ether oxygens (including phenoxy) is 1. The van der Waals surface area contributed by atoms with E-state index in [-0.39, 0.29) is 12.3 Å². The molecule has 0 radical (unpaired) electrons. The molecular formula is C15H16F3NO3. The molecule has 22 heavy (non-hydrogen) atoms. The summed E-state index contributed by atoms with van der Waals surface area (Å²) in [5, 5.41) is 0. The van der Waals surface area contributed by atoms with E-state index >= 15 is 0 Å². The molecule has 1 saturated heterocycles. The van der Waals surface area contributed by atoms with Crippen LogP contribution in [0, 0.1) is 0 Å². The van der Waals surface area contributed by atoms with E-state index in [4.69, 9.17) is 0 Å². The van der Waals surface area contributed by atoms with E-state index in [2.05, 4.69) is 4.74 Å². The minimum atomic E-state index is -4.45. The van der Waals surface area contributed by atoms with E-state index in [1.807, 2.05) is 0 Å². The summed E-state index contributed by atoms with van der Waals surface area (Å²) >= 11 is 0. The Kier molecular flexibility index (Phi) is 4.44. The van der Waals surface area contributed by atoms with E-state index in [1.54, 1.807) is 6.92 Å². The Bertz CT molecular complexity index is 586. The number of nitrogens with zero attached hydrogens (tertiary/aromatic N) is 1. The lowest BCUT2D eigenvalue weighted by Crippen LogP contribution is -2.40. The molecule has 1 amide bonds. The summed E-state index contributed by atoms with van der Waals surface area (Å²) in [7, 11) is 1.22. The van der Waals surface area contributed by atoms with Crippen LogP contribution in [0.3, 0.4) is 0 Å². The molecule has 0 aromatic heterocycles. The number of methoxy groups -OCH3 is 1. The van der Waals surface area contributed by atoms with Crippen LogP contribution in [0.5, 0.6) is 0 Å². The first kappa shape index (κ1) is 16.3. The van der Waals surface area contributed by atoms with Crippen molar-refractivity contribution in [1.82, 2.24) is 4.90 Å². The van der Waals surface area contributed by atoms with Gasteiger partial charge < -0.3 is 9.64 Å². The predicted octanol–water partition coefficient (Wildman–Crippen LogP) is 2.93. The number of likely N-dealkylation sites (tertiary alicyclic amines) is 1. The van der Waals surface area contributed by atoms with Gasteiger partial charge in [0.25, 0.3) is 0 Å². The van der Waals surface area contributed by atoms with Gasteiger partial charge in [0.1, 0.15) is 6.04 Å². The zero-order chi connectivity index (χ0) is 16.5. The van der Waals surface area contributed by atoms with Gasteiger partial charge in [0, 0.05) is 6.42 Å². The van der Waals surface area contributed by atoms with Gasteiger partial charge in [-0.15, -0.1) is 0 Å². The maximum atomic E-state index is 12.8. The molecule has 2 rings (SSSR count). The molecule has 0 saturated carbocycles. The van der Waals surface area contributed by atoms with Gasteiger partial charge in [-0.1, -0.05) is 12.1 Å². The summed E-state index contributed by atoms with van der Waals surface area (Å²) in [5.74, 6) is -0.815. The van der Waals surface area contributed by atoms with Crippen LogP contribution in [0.25, 0.3) is 0 Å². The molecule has 2 unspecified atom stereocenters. The van der Waals surface area contributed by atoms with Crippen LogP contribution in [0.4, 0.5) is 13.2 Å². The molecule has 1 aliphatic rings. The first-order valence-corrected chi connectivity index (χ1v) is 6.82. The lowest BCUT2D eigenvalue weighted by molar-refractivity contribution is -0.150. The highest BCUT2D eigenvalue weighted by atomic mass is 19.4. The highest BCUT2D eigenvalue weighted by molar-refractivity contribution is 5.88. The van der Waals surface area contributed by atoms with E-state index in [1.165, 1.54) is 24.1 Å². The van der Waals surface area contributed by atoms with Crippen LogP contribution in [-0.2, 0) is 20.5 Å². The number of benzene rings is 1. The highest BCUT2D eigenvalue weighted by Gasteiger charge is 2.40. The minimum absolute atomic E-state index is 0.184. The smallest absolute Gasteiger partial charge is 0.416 e. The van der Waals surface area contributed by atoms with Gasteiger partial charge in [0.2, 0.25) is 5.91 Å². The van der Waals surface area contributed by atoms with Crippen LogP contribution in [0.15, 0.2) is 24.3 Å². The standard InChI is InChI=1S/C15H16F3NO3/c1-9(10-4-3-5-11(8-10)15(16,17)18)19-12(14(21)22-2)6-7-13(19)20/h3-5,8-9,12H,6-7H2,1-2H3. The molecule has 1 aromatic rings. The monoisotopic (exact) mass is 315 g/mol. The van der Waals surface area contributed by atoms with Crippen molar-refractivity contribution in [3.8, 4) is 0 Å². The Morgan fingerprint density at radius 1 is 1.41 bits per heavy atom. The van der Waals surface area contributed by atoms with Gasteiger partial charge in [0.05, 0.1) is 18.7 Å². The molecule has 1 aromatic carbocycles. The number of halogens is 3. The zero-order valence-electron chi connectivity index (χ0n) is 12.2. The topological polar surface area (TPSA) is 46.6 Å². The molecule has 0 bridgehead atoms. The number of alkyl halides is 3. The zero-order valence-corrected chi connectivity index (χ0v) is 12.2. The van der Waals surface area contributed by atoms with Crippen LogP contribution >= 0.6 is 0 Å². The molecule has 0 spiro atoms. The van der Waals surface area contributed by atoms with Gasteiger partial charge >= 0.3 is 12.1 Å². The van der Waals surface area contributed by atoms with Crippen molar-refractivity contribution < 1.29 is 27.5 Å². The van der Waals surface area contributed by atoms with Gasteiger partial charge in [-0.2, -0.15) is 13.2 Å². The number of hydrogen-bond acceptors (Lipinski definition) is 3. The Labute approximate surface area is 125 Å². The lowest BCUT2D eigenvalue weighted by Gasteiger charge is -2.30. The Balaban J connectivity index is 2.32. The minimum Gasteiger partial charge on any atom is -0.467 e. The van der Waals surface area contributed by atoms with E-state index in [0.717, 1.165) is 12.1 Å². The Morgan fingerprint density at radius 3 is 2.68 bits per heavy atom. The molecule has 7 heteroatoms. The largest absolute Gasteiger partial charge is 0.467 e. The second-order valence-electron chi connectivity index (χ2n) is 5.18. The summed E-state index contributed by atoms with van der Waals surface area (Å²) in [5.41, 5.74) is -0.447. The fraction of sp³-hybridized carbons (Fsp3) is 0.467. The molecule has 1 fully saturated rings. The third kappa shape index (κ3) is 3.08. The van der Waals surface area contributed by atoms with Crippen molar-refractivity contribution in [3.05, 3.63) is 35.4 Å². The average Bonchev–Trinajstić information content (AvgIpc) is 2.86. The average molecular weight is 315 g/mol. The quantitative estimate of drug-likeness (QED) is 0.806. The van der Waals surface area contributed by atoms with Gasteiger partial charge in [0.15, 0.2) is 0 Å². The summed E-state index contributed by atoms with van der Waals surface area (Å²) in [6, 6.07) is 3.40. The predicted molar refractivity (Wildman–Crippen MR) is 71.7 cm³/mol. The maximum Gasteiger partial charge on any atom is 0.416 e. The maximum absolute atomic E-state index is 12.8. The second-order valence-corrected chi connectivity index (χ2v) is 5.18. The number of amides is 1. The number of hydrogen-bond donors (Lipinski definition) is 0. The molecule has 4 nitrogen and oxygen atoms in total. The van der Waals surface area contributed by atoms with Crippen molar-refractivity contribution in [2.24, 2.45) is 0 Å². The van der Waals surface area contributed by atoms with Gasteiger partial charge in [-0.3, -0.25) is 4.79 Å². The normalized spacial score (nSPS) is 20.1. The van der Waals surface area contributed by atoms with Crippen molar-refractivity contribution in [2.45, 2.75) is 38.0 Å². The lowest BCUT2D eigenvalue weighted by atomic mass is 10.0. The van der Waals surface area contributed by atoms with E-state index in [0.29, 0.717) is 12.0 Å². The van der Waals surface area contributed by atoms with Crippen molar-refractivity contribution in [3.63, 3.8) is 0 Å².